The summed E-state index contributed by atoms with van der Waals surface area (Å²) in [4.78, 5) is 11.1. The quantitative estimate of drug-likeness (QED) is 0.929. The van der Waals surface area contributed by atoms with Crippen molar-refractivity contribution in [3.8, 4) is 0 Å². The predicted octanol–water partition coefficient (Wildman–Crippen LogP) is 3.93. The van der Waals surface area contributed by atoms with Crippen LogP contribution in [-0.2, 0) is 12.8 Å². The normalized spacial score (nSPS) is 10.3. The number of aryl methyl sites for hydroxylation is 2. The van der Waals surface area contributed by atoms with Crippen molar-refractivity contribution < 1.29 is 9.90 Å². The van der Waals surface area contributed by atoms with Crippen molar-refractivity contribution in [2.24, 2.45) is 0 Å². The zero-order valence-corrected chi connectivity index (χ0v) is 11.4. The Morgan fingerprint density at radius 3 is 2.56 bits per heavy atom. The highest BCUT2D eigenvalue weighted by molar-refractivity contribution is 9.10. The van der Waals surface area contributed by atoms with Crippen LogP contribution < -0.4 is 0 Å². The molecular weight excluding hydrogens is 292 g/mol. The summed E-state index contributed by atoms with van der Waals surface area (Å²) in [6.45, 7) is 0. The molecule has 92 valence electrons. The summed E-state index contributed by atoms with van der Waals surface area (Å²) in [6, 6.07) is 15.2. The molecule has 0 unspecified atom stereocenters. The number of carboxylic acid groups (broad SMARTS) is 1. The first-order valence-corrected chi connectivity index (χ1v) is 6.52. The number of rotatable bonds is 4. The highest BCUT2D eigenvalue weighted by Crippen LogP contribution is 2.16. The van der Waals surface area contributed by atoms with E-state index in [2.05, 4.69) is 22.0 Å². The number of aromatic carboxylic acids is 1. The second kappa shape index (κ2) is 5.83. The van der Waals surface area contributed by atoms with Crippen LogP contribution in [-0.4, -0.2) is 11.1 Å². The Kier molecular flexibility index (Phi) is 4.15. The van der Waals surface area contributed by atoms with Crippen LogP contribution in [0.4, 0.5) is 0 Å². The minimum atomic E-state index is -0.861. The van der Waals surface area contributed by atoms with Crippen LogP contribution in [0.3, 0.4) is 0 Å². The Labute approximate surface area is 114 Å². The maximum atomic E-state index is 11.1. The number of hydrogen-bond acceptors (Lipinski definition) is 1. The van der Waals surface area contributed by atoms with E-state index in [1.165, 1.54) is 5.56 Å². The van der Waals surface area contributed by atoms with E-state index in [1.807, 2.05) is 30.3 Å². The van der Waals surface area contributed by atoms with Crippen molar-refractivity contribution in [2.45, 2.75) is 12.8 Å². The van der Waals surface area contributed by atoms with Crippen molar-refractivity contribution in [3.63, 3.8) is 0 Å². The van der Waals surface area contributed by atoms with E-state index in [0.717, 1.165) is 22.9 Å². The van der Waals surface area contributed by atoms with Gasteiger partial charge in [0.2, 0.25) is 0 Å². The molecule has 0 aromatic heterocycles. The fourth-order valence-corrected chi connectivity index (χ4v) is 2.37. The lowest BCUT2D eigenvalue weighted by molar-refractivity contribution is 0.0695. The summed E-state index contributed by atoms with van der Waals surface area (Å²) in [5.41, 5.74) is 2.47. The molecule has 0 saturated heterocycles. The highest BCUT2D eigenvalue weighted by Gasteiger charge is 2.08. The maximum Gasteiger partial charge on any atom is 0.335 e. The van der Waals surface area contributed by atoms with Crippen LogP contribution in [0.2, 0.25) is 0 Å². The van der Waals surface area contributed by atoms with Gasteiger partial charge < -0.3 is 5.11 Å². The monoisotopic (exact) mass is 304 g/mol. The average molecular weight is 305 g/mol. The molecule has 0 amide bonds. The second-order valence-electron chi connectivity index (χ2n) is 4.09. The summed E-state index contributed by atoms with van der Waals surface area (Å²) in [6.07, 6.45) is 1.57. The highest BCUT2D eigenvalue weighted by atomic mass is 79.9. The molecule has 0 aliphatic heterocycles. The third-order valence-corrected chi connectivity index (χ3v) is 3.31. The van der Waals surface area contributed by atoms with E-state index in [1.54, 1.807) is 12.1 Å². The lowest BCUT2D eigenvalue weighted by Crippen LogP contribution is -2.03. The van der Waals surface area contributed by atoms with E-state index in [9.17, 15) is 4.79 Å². The van der Waals surface area contributed by atoms with Crippen LogP contribution in [0.5, 0.6) is 0 Å². The maximum absolute atomic E-state index is 11.1. The first-order valence-electron chi connectivity index (χ1n) is 5.72. The molecule has 2 nitrogen and oxygen atoms in total. The summed E-state index contributed by atoms with van der Waals surface area (Å²) in [5.74, 6) is -0.861. The van der Waals surface area contributed by atoms with E-state index < -0.39 is 5.97 Å². The standard InChI is InChI=1S/C15H13BrO2/c16-13-6-3-4-11(10-13)8-9-12-5-1-2-7-14(12)15(17)18/h1-7,10H,8-9H2,(H,17,18). The minimum absolute atomic E-state index is 0.396. The van der Waals surface area contributed by atoms with E-state index in [4.69, 9.17) is 5.11 Å². The van der Waals surface area contributed by atoms with Crippen LogP contribution in [0, 0.1) is 0 Å². The van der Waals surface area contributed by atoms with E-state index >= 15 is 0 Å². The zero-order valence-electron chi connectivity index (χ0n) is 9.77. The first kappa shape index (κ1) is 12.8. The second-order valence-corrected chi connectivity index (χ2v) is 5.01. The van der Waals surface area contributed by atoms with Gasteiger partial charge in [0.15, 0.2) is 0 Å². The molecule has 0 spiro atoms. The van der Waals surface area contributed by atoms with Gasteiger partial charge in [0.1, 0.15) is 0 Å². The van der Waals surface area contributed by atoms with Gasteiger partial charge in [0, 0.05) is 4.47 Å². The molecule has 2 aromatic rings. The molecule has 2 aromatic carbocycles. The Balaban J connectivity index is 2.13. The third-order valence-electron chi connectivity index (χ3n) is 2.82. The molecule has 0 heterocycles. The number of benzene rings is 2. The first-order chi connectivity index (χ1) is 8.66. The Hall–Kier alpha value is -1.61. The Bertz CT molecular complexity index is 564. The Morgan fingerprint density at radius 1 is 1.06 bits per heavy atom. The Morgan fingerprint density at radius 2 is 1.83 bits per heavy atom. The SMILES string of the molecule is O=C(O)c1ccccc1CCc1cccc(Br)c1. The molecule has 3 heteroatoms. The number of carbonyl (C=O) groups is 1. The number of hydrogen-bond donors (Lipinski definition) is 1. The van der Waals surface area contributed by atoms with Gasteiger partial charge in [-0.1, -0.05) is 46.3 Å². The van der Waals surface area contributed by atoms with Crippen molar-refractivity contribution in [1.82, 2.24) is 0 Å². The molecule has 0 radical (unpaired) electrons. The van der Waals surface area contributed by atoms with Gasteiger partial charge in [-0.3, -0.25) is 0 Å². The van der Waals surface area contributed by atoms with Gasteiger partial charge in [0.25, 0.3) is 0 Å². The summed E-state index contributed by atoms with van der Waals surface area (Å²) < 4.78 is 1.05. The average Bonchev–Trinajstić information content (AvgIpc) is 2.37. The van der Waals surface area contributed by atoms with E-state index in [0.29, 0.717) is 5.56 Å². The summed E-state index contributed by atoms with van der Waals surface area (Å²) >= 11 is 3.43. The van der Waals surface area contributed by atoms with Crippen molar-refractivity contribution in [2.75, 3.05) is 0 Å². The zero-order chi connectivity index (χ0) is 13.0. The van der Waals surface area contributed by atoms with Gasteiger partial charge >= 0.3 is 5.97 Å². The van der Waals surface area contributed by atoms with Gasteiger partial charge in [-0.15, -0.1) is 0 Å². The van der Waals surface area contributed by atoms with Crippen LogP contribution in [0.25, 0.3) is 0 Å². The molecule has 0 fully saturated rings. The van der Waals surface area contributed by atoms with Crippen LogP contribution in [0.1, 0.15) is 21.5 Å². The number of halogens is 1. The fraction of sp³-hybridized carbons (Fsp3) is 0.133. The van der Waals surface area contributed by atoms with Gasteiger partial charge in [-0.25, -0.2) is 4.79 Å². The molecule has 1 N–H and O–H groups in total. The molecule has 0 atom stereocenters. The van der Waals surface area contributed by atoms with Gasteiger partial charge in [-0.2, -0.15) is 0 Å². The lowest BCUT2D eigenvalue weighted by Gasteiger charge is -2.06. The van der Waals surface area contributed by atoms with Crippen LogP contribution in [0.15, 0.2) is 53.0 Å². The summed E-state index contributed by atoms with van der Waals surface area (Å²) in [7, 11) is 0. The summed E-state index contributed by atoms with van der Waals surface area (Å²) in [5, 5.41) is 9.10. The minimum Gasteiger partial charge on any atom is -0.478 e. The van der Waals surface area contributed by atoms with E-state index in [-0.39, 0.29) is 0 Å². The van der Waals surface area contributed by atoms with Crippen molar-refractivity contribution in [3.05, 3.63) is 69.7 Å². The number of carboxylic acids is 1. The lowest BCUT2D eigenvalue weighted by atomic mass is 10.00. The molecule has 0 aliphatic carbocycles. The molecule has 0 aliphatic rings. The molecular formula is C15H13BrO2. The van der Waals surface area contributed by atoms with Gasteiger partial charge in [0.05, 0.1) is 5.56 Å². The third kappa shape index (κ3) is 3.20. The van der Waals surface area contributed by atoms with Crippen LogP contribution >= 0.6 is 15.9 Å². The molecule has 18 heavy (non-hydrogen) atoms. The topological polar surface area (TPSA) is 37.3 Å². The molecule has 0 bridgehead atoms. The van der Waals surface area contributed by atoms with Crippen molar-refractivity contribution >= 4 is 21.9 Å². The fourth-order valence-electron chi connectivity index (χ4n) is 1.92. The van der Waals surface area contributed by atoms with Gasteiger partial charge in [-0.05, 0) is 42.2 Å². The largest absolute Gasteiger partial charge is 0.478 e. The smallest absolute Gasteiger partial charge is 0.335 e. The van der Waals surface area contributed by atoms with Crippen molar-refractivity contribution in [1.29, 1.82) is 0 Å². The predicted molar refractivity (Wildman–Crippen MR) is 75.0 cm³/mol. The molecule has 2 rings (SSSR count). The molecule has 0 saturated carbocycles.